The van der Waals surface area contributed by atoms with Crippen molar-refractivity contribution < 1.29 is 0 Å². The predicted molar refractivity (Wildman–Crippen MR) is 45.0 cm³/mol. The first kappa shape index (κ1) is 7.55. The fourth-order valence-corrected chi connectivity index (χ4v) is 1.09. The summed E-state index contributed by atoms with van der Waals surface area (Å²) < 4.78 is 0. The van der Waals surface area contributed by atoms with Crippen molar-refractivity contribution >= 4 is 0 Å². The zero-order valence-corrected chi connectivity index (χ0v) is 6.56. The van der Waals surface area contributed by atoms with Gasteiger partial charge in [0.05, 0.1) is 0 Å². The average Bonchev–Trinajstić information content (AvgIpc) is 2.03. The number of allylic oxidation sites excluding steroid dienone is 3. The minimum atomic E-state index is 1.07. The number of hydrogen-bond acceptors (Lipinski definition) is 1. The van der Waals surface area contributed by atoms with Gasteiger partial charge in [-0.1, -0.05) is 30.7 Å². The lowest BCUT2D eigenvalue weighted by Gasteiger charge is -2.08. The molecule has 0 saturated carbocycles. The standard InChI is InChI=1S/C9H15N/c1-2-10-8-9-6-4-3-5-7-9/h3-4,6,10H,2,5,7-8H2,1H3. The summed E-state index contributed by atoms with van der Waals surface area (Å²) in [6.45, 7) is 4.28. The minimum absolute atomic E-state index is 1.07. The Kier molecular flexibility index (Phi) is 3.23. The van der Waals surface area contributed by atoms with Crippen LogP contribution in [0.25, 0.3) is 0 Å². The first-order valence-electron chi connectivity index (χ1n) is 3.98. The largest absolute Gasteiger partial charge is 0.313 e. The number of nitrogens with one attached hydrogen (secondary N) is 1. The van der Waals surface area contributed by atoms with Gasteiger partial charge in [-0.2, -0.15) is 0 Å². The Morgan fingerprint density at radius 2 is 2.50 bits per heavy atom. The monoisotopic (exact) mass is 137 g/mol. The second-order valence-electron chi connectivity index (χ2n) is 2.57. The van der Waals surface area contributed by atoms with Crippen molar-refractivity contribution in [2.45, 2.75) is 19.8 Å². The molecule has 1 rings (SSSR count). The van der Waals surface area contributed by atoms with E-state index in [1.165, 1.54) is 18.4 Å². The van der Waals surface area contributed by atoms with Crippen LogP contribution in [0.3, 0.4) is 0 Å². The molecule has 10 heavy (non-hydrogen) atoms. The van der Waals surface area contributed by atoms with Crippen LogP contribution in [0.2, 0.25) is 0 Å². The molecule has 0 fully saturated rings. The van der Waals surface area contributed by atoms with Crippen molar-refractivity contribution in [3.05, 3.63) is 23.8 Å². The maximum atomic E-state index is 3.32. The van der Waals surface area contributed by atoms with Crippen LogP contribution in [0.5, 0.6) is 0 Å². The van der Waals surface area contributed by atoms with Crippen LogP contribution in [0.4, 0.5) is 0 Å². The van der Waals surface area contributed by atoms with E-state index in [2.05, 4.69) is 30.5 Å². The average molecular weight is 137 g/mol. The highest BCUT2D eigenvalue weighted by atomic mass is 14.8. The quantitative estimate of drug-likeness (QED) is 0.626. The predicted octanol–water partition coefficient (Wildman–Crippen LogP) is 1.87. The molecule has 1 aliphatic rings. The van der Waals surface area contributed by atoms with Crippen LogP contribution < -0.4 is 5.32 Å². The van der Waals surface area contributed by atoms with Crippen LogP contribution in [0, 0.1) is 0 Å². The molecule has 0 radical (unpaired) electrons. The highest BCUT2D eigenvalue weighted by Crippen LogP contribution is 2.09. The maximum absolute atomic E-state index is 3.32. The summed E-state index contributed by atoms with van der Waals surface area (Å²) in [5, 5.41) is 3.32. The molecule has 0 spiro atoms. The fraction of sp³-hybridized carbons (Fsp3) is 0.556. The van der Waals surface area contributed by atoms with E-state index in [9.17, 15) is 0 Å². The molecule has 1 N–H and O–H groups in total. The van der Waals surface area contributed by atoms with Gasteiger partial charge in [-0.15, -0.1) is 0 Å². The summed E-state index contributed by atoms with van der Waals surface area (Å²) in [7, 11) is 0. The third-order valence-electron chi connectivity index (χ3n) is 1.70. The van der Waals surface area contributed by atoms with Crippen molar-refractivity contribution in [1.82, 2.24) is 5.32 Å². The summed E-state index contributed by atoms with van der Waals surface area (Å²) in [4.78, 5) is 0. The number of hydrogen-bond donors (Lipinski definition) is 1. The van der Waals surface area contributed by atoms with Crippen LogP contribution in [0.15, 0.2) is 23.8 Å². The van der Waals surface area contributed by atoms with Crippen LogP contribution in [0.1, 0.15) is 19.8 Å². The molecule has 0 amide bonds. The van der Waals surface area contributed by atoms with Gasteiger partial charge in [0.2, 0.25) is 0 Å². The van der Waals surface area contributed by atoms with Gasteiger partial charge < -0.3 is 5.32 Å². The van der Waals surface area contributed by atoms with Crippen LogP contribution in [-0.4, -0.2) is 13.1 Å². The number of likely N-dealkylation sites (N-methyl/N-ethyl adjacent to an activating group) is 1. The molecule has 0 atom stereocenters. The molecule has 0 bridgehead atoms. The van der Waals surface area contributed by atoms with Crippen molar-refractivity contribution in [3.63, 3.8) is 0 Å². The Morgan fingerprint density at radius 3 is 3.10 bits per heavy atom. The van der Waals surface area contributed by atoms with Crippen molar-refractivity contribution in [3.8, 4) is 0 Å². The van der Waals surface area contributed by atoms with E-state index in [1.54, 1.807) is 0 Å². The Balaban J connectivity index is 2.25. The molecule has 0 unspecified atom stereocenters. The van der Waals surface area contributed by atoms with Crippen molar-refractivity contribution in [1.29, 1.82) is 0 Å². The molecule has 0 aliphatic heterocycles. The van der Waals surface area contributed by atoms with E-state index >= 15 is 0 Å². The van der Waals surface area contributed by atoms with Crippen LogP contribution in [-0.2, 0) is 0 Å². The van der Waals surface area contributed by atoms with Gasteiger partial charge >= 0.3 is 0 Å². The van der Waals surface area contributed by atoms with Gasteiger partial charge in [0, 0.05) is 6.54 Å². The molecule has 0 aromatic heterocycles. The summed E-state index contributed by atoms with van der Waals surface area (Å²) in [5.41, 5.74) is 1.53. The van der Waals surface area contributed by atoms with Gasteiger partial charge in [0.1, 0.15) is 0 Å². The Bertz CT molecular complexity index is 145. The van der Waals surface area contributed by atoms with Gasteiger partial charge in [-0.3, -0.25) is 0 Å². The van der Waals surface area contributed by atoms with Gasteiger partial charge in [-0.05, 0) is 19.4 Å². The second-order valence-corrected chi connectivity index (χ2v) is 2.57. The third kappa shape index (κ3) is 2.36. The Morgan fingerprint density at radius 1 is 1.60 bits per heavy atom. The lowest BCUT2D eigenvalue weighted by Crippen LogP contribution is -2.16. The smallest absolute Gasteiger partial charge is 0.0167 e. The van der Waals surface area contributed by atoms with Crippen molar-refractivity contribution in [2.24, 2.45) is 0 Å². The molecule has 0 aromatic rings. The molecular formula is C9H15N. The second kappa shape index (κ2) is 4.29. The van der Waals surface area contributed by atoms with E-state index in [0.717, 1.165) is 13.1 Å². The molecule has 1 heteroatoms. The molecule has 1 nitrogen and oxygen atoms in total. The van der Waals surface area contributed by atoms with E-state index in [4.69, 9.17) is 0 Å². The Hall–Kier alpha value is -0.560. The highest BCUT2D eigenvalue weighted by Gasteiger charge is 1.96. The summed E-state index contributed by atoms with van der Waals surface area (Å²) >= 11 is 0. The molecule has 0 aromatic carbocycles. The molecule has 56 valence electrons. The number of rotatable bonds is 3. The van der Waals surface area contributed by atoms with E-state index in [0.29, 0.717) is 0 Å². The van der Waals surface area contributed by atoms with Crippen molar-refractivity contribution in [2.75, 3.05) is 13.1 Å². The molecule has 1 aliphatic carbocycles. The van der Waals surface area contributed by atoms with E-state index in [-0.39, 0.29) is 0 Å². The first-order chi connectivity index (χ1) is 4.93. The summed E-state index contributed by atoms with van der Waals surface area (Å²) in [6, 6.07) is 0. The SMILES string of the molecule is CCNCC1=CC=CCC1. The normalized spacial score (nSPS) is 17.1. The molecule has 0 heterocycles. The van der Waals surface area contributed by atoms with Gasteiger partial charge in [0.25, 0.3) is 0 Å². The lowest BCUT2D eigenvalue weighted by atomic mass is 10.1. The van der Waals surface area contributed by atoms with Crippen LogP contribution >= 0.6 is 0 Å². The van der Waals surface area contributed by atoms with E-state index in [1.807, 2.05) is 0 Å². The first-order valence-corrected chi connectivity index (χ1v) is 3.98. The van der Waals surface area contributed by atoms with Gasteiger partial charge in [0.15, 0.2) is 0 Å². The lowest BCUT2D eigenvalue weighted by molar-refractivity contribution is 0.745. The Labute approximate surface area is 62.8 Å². The topological polar surface area (TPSA) is 12.0 Å². The zero-order chi connectivity index (χ0) is 7.23. The molecule has 0 saturated heterocycles. The summed E-state index contributed by atoms with van der Waals surface area (Å²) in [6.07, 6.45) is 9.04. The van der Waals surface area contributed by atoms with Gasteiger partial charge in [-0.25, -0.2) is 0 Å². The molecular weight excluding hydrogens is 122 g/mol. The zero-order valence-electron chi connectivity index (χ0n) is 6.56. The van der Waals surface area contributed by atoms with E-state index < -0.39 is 0 Å². The summed E-state index contributed by atoms with van der Waals surface area (Å²) in [5.74, 6) is 0. The fourth-order valence-electron chi connectivity index (χ4n) is 1.09. The third-order valence-corrected chi connectivity index (χ3v) is 1.70. The maximum Gasteiger partial charge on any atom is 0.0167 e. The minimum Gasteiger partial charge on any atom is -0.313 e. The highest BCUT2D eigenvalue weighted by molar-refractivity contribution is 5.18.